The quantitative estimate of drug-likeness (QED) is 0.510. The molecule has 31 heavy (non-hydrogen) atoms. The Morgan fingerprint density at radius 1 is 1.13 bits per heavy atom. The Kier molecular flexibility index (Phi) is 4.91. The number of piperidine rings is 1. The Hall–Kier alpha value is -4.01. The Morgan fingerprint density at radius 3 is 2.87 bits per heavy atom. The summed E-state index contributed by atoms with van der Waals surface area (Å²) in [6.07, 6.45) is 6.57. The number of nitrogens with one attached hydrogen (secondary N) is 1. The largest absolute Gasteiger partial charge is 0.421 e. The first-order valence-corrected chi connectivity index (χ1v) is 10.1. The van der Waals surface area contributed by atoms with Crippen molar-refractivity contribution in [1.82, 2.24) is 19.7 Å². The van der Waals surface area contributed by atoms with Gasteiger partial charge in [-0.25, -0.2) is 19.4 Å². The van der Waals surface area contributed by atoms with E-state index in [-0.39, 0.29) is 17.5 Å². The Labute approximate surface area is 177 Å². The molecule has 9 nitrogen and oxygen atoms in total. The molecular weight excluding hydrogens is 396 g/mol. The van der Waals surface area contributed by atoms with Crippen molar-refractivity contribution in [2.75, 3.05) is 23.3 Å². The highest BCUT2D eigenvalue weighted by Crippen LogP contribution is 2.24. The zero-order valence-corrected chi connectivity index (χ0v) is 16.6. The van der Waals surface area contributed by atoms with E-state index >= 15 is 0 Å². The normalized spacial score (nSPS) is 16.4. The highest BCUT2D eigenvalue weighted by molar-refractivity contribution is 5.94. The Morgan fingerprint density at radius 2 is 2.00 bits per heavy atom. The first kappa shape index (κ1) is 19.0. The lowest BCUT2D eigenvalue weighted by molar-refractivity contribution is -0.120. The summed E-state index contributed by atoms with van der Waals surface area (Å²) in [5.41, 5.74) is 0.0919. The van der Waals surface area contributed by atoms with E-state index in [0.717, 1.165) is 30.6 Å². The van der Waals surface area contributed by atoms with Crippen LogP contribution in [0.15, 0.2) is 70.4 Å². The number of para-hydroxylation sites is 1. The summed E-state index contributed by atoms with van der Waals surface area (Å²) >= 11 is 0. The maximum absolute atomic E-state index is 12.9. The van der Waals surface area contributed by atoms with Gasteiger partial charge in [0.05, 0.1) is 5.92 Å². The van der Waals surface area contributed by atoms with Gasteiger partial charge >= 0.3 is 5.63 Å². The van der Waals surface area contributed by atoms with Crippen LogP contribution >= 0.6 is 0 Å². The number of anilines is 2. The van der Waals surface area contributed by atoms with Crippen molar-refractivity contribution in [3.8, 4) is 5.82 Å². The van der Waals surface area contributed by atoms with Gasteiger partial charge in [-0.05, 0) is 31.0 Å². The number of carbonyl (C=O) groups excluding carboxylic acids is 1. The monoisotopic (exact) mass is 416 g/mol. The molecular formula is C22H20N6O3. The summed E-state index contributed by atoms with van der Waals surface area (Å²) < 4.78 is 6.98. The van der Waals surface area contributed by atoms with Crippen LogP contribution in [-0.4, -0.2) is 38.7 Å². The second-order valence-electron chi connectivity index (χ2n) is 7.44. The molecule has 4 heterocycles. The third kappa shape index (κ3) is 3.89. The lowest BCUT2D eigenvalue weighted by Gasteiger charge is -2.32. The fourth-order valence-electron chi connectivity index (χ4n) is 3.82. The van der Waals surface area contributed by atoms with Crippen molar-refractivity contribution in [1.29, 1.82) is 0 Å². The van der Waals surface area contributed by atoms with E-state index in [1.165, 1.54) is 6.33 Å². The minimum atomic E-state index is -0.556. The third-order valence-corrected chi connectivity index (χ3v) is 5.39. The highest BCUT2D eigenvalue weighted by Gasteiger charge is 2.27. The van der Waals surface area contributed by atoms with Crippen LogP contribution in [0.4, 0.5) is 11.5 Å². The molecule has 1 aliphatic heterocycles. The van der Waals surface area contributed by atoms with Gasteiger partial charge in [0.25, 0.3) is 0 Å². The van der Waals surface area contributed by atoms with Gasteiger partial charge in [0.15, 0.2) is 5.82 Å². The van der Waals surface area contributed by atoms with E-state index in [2.05, 4.69) is 25.3 Å². The molecule has 1 amide bonds. The maximum Gasteiger partial charge on any atom is 0.360 e. The molecule has 5 rings (SSSR count). The van der Waals surface area contributed by atoms with Gasteiger partial charge in [0, 0.05) is 36.9 Å². The standard InChI is InChI=1S/C22H20N6O3/c29-21(26-17-11-15-5-1-2-7-18(15)31-22(17)30)16-6-3-9-27(13-16)19-12-20(24-14-23-19)28-10-4-8-25-28/h1-2,4-5,7-8,10-12,14,16H,3,6,9,13H2,(H,26,29)/t16-/m1/s1. The molecule has 0 unspecified atom stereocenters. The first-order valence-electron chi connectivity index (χ1n) is 10.1. The maximum atomic E-state index is 12.9. The smallest absolute Gasteiger partial charge is 0.360 e. The topological polar surface area (TPSA) is 106 Å². The Balaban J connectivity index is 1.33. The number of hydrogen-bond donors (Lipinski definition) is 1. The molecule has 1 N–H and O–H groups in total. The van der Waals surface area contributed by atoms with E-state index in [9.17, 15) is 9.59 Å². The van der Waals surface area contributed by atoms with Gasteiger partial charge in [0.2, 0.25) is 5.91 Å². The van der Waals surface area contributed by atoms with Gasteiger partial charge in [-0.3, -0.25) is 4.79 Å². The molecule has 1 fully saturated rings. The van der Waals surface area contributed by atoms with Crippen molar-refractivity contribution in [3.63, 3.8) is 0 Å². The number of carbonyl (C=O) groups is 1. The molecule has 156 valence electrons. The van der Waals surface area contributed by atoms with Crippen LogP contribution in [0.3, 0.4) is 0 Å². The number of fused-ring (bicyclic) bond motifs is 1. The fourth-order valence-corrected chi connectivity index (χ4v) is 3.82. The zero-order chi connectivity index (χ0) is 21.2. The van der Waals surface area contributed by atoms with Crippen LogP contribution in [0.1, 0.15) is 12.8 Å². The lowest BCUT2D eigenvalue weighted by Crippen LogP contribution is -2.41. The van der Waals surface area contributed by atoms with Crippen LogP contribution in [-0.2, 0) is 4.79 Å². The summed E-state index contributed by atoms with van der Waals surface area (Å²) in [6.45, 7) is 1.29. The molecule has 3 aromatic heterocycles. The van der Waals surface area contributed by atoms with Gasteiger partial charge in [-0.1, -0.05) is 18.2 Å². The fraction of sp³-hybridized carbons (Fsp3) is 0.227. The summed E-state index contributed by atoms with van der Waals surface area (Å²) in [5.74, 6) is 0.926. The molecule has 9 heteroatoms. The third-order valence-electron chi connectivity index (χ3n) is 5.39. The molecule has 1 atom stereocenters. The van der Waals surface area contributed by atoms with Crippen molar-refractivity contribution >= 4 is 28.4 Å². The molecule has 0 saturated carbocycles. The van der Waals surface area contributed by atoms with E-state index < -0.39 is 5.63 Å². The van der Waals surface area contributed by atoms with E-state index in [4.69, 9.17) is 4.42 Å². The second kappa shape index (κ2) is 8.02. The van der Waals surface area contributed by atoms with Crippen LogP contribution in [0.5, 0.6) is 0 Å². The van der Waals surface area contributed by atoms with Gasteiger partial charge in [-0.15, -0.1) is 0 Å². The molecule has 0 spiro atoms. The lowest BCUT2D eigenvalue weighted by atomic mass is 9.97. The van der Waals surface area contributed by atoms with Crippen LogP contribution in [0, 0.1) is 5.92 Å². The molecule has 0 aliphatic carbocycles. The molecule has 0 radical (unpaired) electrons. The molecule has 1 saturated heterocycles. The summed E-state index contributed by atoms with van der Waals surface area (Å²) in [6, 6.07) is 12.5. The highest BCUT2D eigenvalue weighted by atomic mass is 16.4. The summed E-state index contributed by atoms with van der Waals surface area (Å²) in [5, 5.41) is 7.72. The van der Waals surface area contributed by atoms with Crippen molar-refractivity contribution in [2.24, 2.45) is 5.92 Å². The van der Waals surface area contributed by atoms with Crippen LogP contribution < -0.4 is 15.8 Å². The number of hydrogen-bond acceptors (Lipinski definition) is 7. The predicted molar refractivity (Wildman–Crippen MR) is 115 cm³/mol. The second-order valence-corrected chi connectivity index (χ2v) is 7.44. The SMILES string of the molecule is O=C(Nc1cc2ccccc2oc1=O)[C@@H]1CCCN(c2cc(-n3cccn3)ncn2)C1. The van der Waals surface area contributed by atoms with Gasteiger partial charge in [-0.2, -0.15) is 5.10 Å². The zero-order valence-electron chi connectivity index (χ0n) is 16.6. The van der Waals surface area contributed by atoms with Crippen LogP contribution in [0.2, 0.25) is 0 Å². The van der Waals surface area contributed by atoms with Crippen molar-refractivity contribution in [2.45, 2.75) is 12.8 Å². The van der Waals surface area contributed by atoms with Gasteiger partial charge in [0.1, 0.15) is 23.4 Å². The average molecular weight is 416 g/mol. The summed E-state index contributed by atoms with van der Waals surface area (Å²) in [4.78, 5) is 35.9. The minimum absolute atomic E-state index is 0.156. The number of benzene rings is 1. The number of amides is 1. The van der Waals surface area contributed by atoms with Crippen molar-refractivity contribution < 1.29 is 9.21 Å². The number of rotatable bonds is 4. The van der Waals surface area contributed by atoms with Crippen LogP contribution in [0.25, 0.3) is 16.8 Å². The first-order chi connectivity index (χ1) is 15.2. The van der Waals surface area contributed by atoms with E-state index in [1.807, 2.05) is 30.5 Å². The molecule has 4 aromatic rings. The minimum Gasteiger partial charge on any atom is -0.421 e. The molecule has 1 aliphatic rings. The number of nitrogens with zero attached hydrogens (tertiary/aromatic N) is 5. The summed E-state index contributed by atoms with van der Waals surface area (Å²) in [7, 11) is 0. The van der Waals surface area contributed by atoms with E-state index in [0.29, 0.717) is 17.9 Å². The van der Waals surface area contributed by atoms with E-state index in [1.54, 1.807) is 29.1 Å². The van der Waals surface area contributed by atoms with Gasteiger partial charge < -0.3 is 14.6 Å². The van der Waals surface area contributed by atoms with Crippen molar-refractivity contribution in [3.05, 3.63) is 71.6 Å². The predicted octanol–water partition coefficient (Wildman–Crippen LogP) is 2.62. The average Bonchev–Trinajstić information content (AvgIpc) is 3.35. The molecule has 0 bridgehead atoms. The Bertz CT molecular complexity index is 1280. The molecule has 1 aromatic carbocycles. The number of aromatic nitrogens is 4.